The fourth-order valence-electron chi connectivity index (χ4n) is 3.39. The second kappa shape index (κ2) is 8.05. The molecule has 30 heavy (non-hydrogen) atoms. The number of hydrogen-bond acceptors (Lipinski definition) is 4. The highest BCUT2D eigenvalue weighted by Gasteiger charge is 2.31. The van der Waals surface area contributed by atoms with Crippen LogP contribution < -0.4 is 0 Å². The first-order valence-corrected chi connectivity index (χ1v) is 9.70. The molecule has 0 spiro atoms. The molecule has 3 rings (SSSR count). The number of ether oxygens (including phenoxy) is 1. The number of aryl methyl sites for hydroxylation is 1. The number of carboxylic acid groups (broad SMARTS) is 2. The summed E-state index contributed by atoms with van der Waals surface area (Å²) in [6.07, 6.45) is -1.22. The maximum absolute atomic E-state index is 12.2. The molecule has 0 radical (unpaired) electrons. The van der Waals surface area contributed by atoms with E-state index in [1.807, 2.05) is 0 Å². The molecular formula is C23H22ClNO5. The summed E-state index contributed by atoms with van der Waals surface area (Å²) in [5.41, 5.74) is 2.17. The minimum Gasteiger partial charge on any atom is -0.479 e. The largest absolute Gasteiger partial charge is 0.479 e. The highest BCUT2D eigenvalue weighted by Crippen LogP contribution is 2.40. The molecule has 0 fully saturated rings. The van der Waals surface area contributed by atoms with Gasteiger partial charge in [-0.05, 0) is 74.7 Å². The molecule has 0 aliphatic rings. The van der Waals surface area contributed by atoms with Gasteiger partial charge in [-0.2, -0.15) is 0 Å². The monoisotopic (exact) mass is 427 g/mol. The number of rotatable bonds is 5. The third-order valence-corrected chi connectivity index (χ3v) is 4.80. The van der Waals surface area contributed by atoms with Crippen molar-refractivity contribution < 1.29 is 24.5 Å². The first-order valence-electron chi connectivity index (χ1n) is 9.32. The molecule has 6 nitrogen and oxygen atoms in total. The molecule has 0 amide bonds. The number of aromatic carboxylic acids is 1. The van der Waals surface area contributed by atoms with Crippen LogP contribution in [0.1, 0.15) is 48.5 Å². The first-order chi connectivity index (χ1) is 14.0. The van der Waals surface area contributed by atoms with E-state index in [1.54, 1.807) is 64.1 Å². The highest BCUT2D eigenvalue weighted by atomic mass is 35.5. The number of pyridine rings is 1. The third kappa shape index (κ3) is 4.45. The quantitative estimate of drug-likeness (QED) is 0.557. The molecule has 156 valence electrons. The predicted molar refractivity (Wildman–Crippen MR) is 115 cm³/mol. The van der Waals surface area contributed by atoms with Crippen LogP contribution in [0.2, 0.25) is 5.02 Å². The zero-order chi connectivity index (χ0) is 22.2. The van der Waals surface area contributed by atoms with Gasteiger partial charge in [0.2, 0.25) is 0 Å². The Bertz CT molecular complexity index is 1130. The Hall–Kier alpha value is -2.96. The number of aromatic nitrogens is 1. The number of benzene rings is 2. The number of nitrogens with zero attached hydrogens (tertiary/aromatic N) is 1. The Morgan fingerprint density at radius 1 is 1.07 bits per heavy atom. The molecule has 1 unspecified atom stereocenters. The van der Waals surface area contributed by atoms with Crippen LogP contribution in [-0.4, -0.2) is 32.7 Å². The fourth-order valence-corrected chi connectivity index (χ4v) is 3.52. The summed E-state index contributed by atoms with van der Waals surface area (Å²) >= 11 is 6.05. The van der Waals surface area contributed by atoms with Gasteiger partial charge < -0.3 is 14.9 Å². The van der Waals surface area contributed by atoms with E-state index >= 15 is 0 Å². The fraction of sp³-hybridized carbons (Fsp3) is 0.261. The van der Waals surface area contributed by atoms with Crippen LogP contribution >= 0.6 is 11.6 Å². The van der Waals surface area contributed by atoms with Crippen molar-refractivity contribution in [2.24, 2.45) is 0 Å². The molecule has 1 heterocycles. The van der Waals surface area contributed by atoms with Crippen LogP contribution in [0, 0.1) is 6.92 Å². The van der Waals surface area contributed by atoms with Gasteiger partial charge in [0.05, 0.1) is 11.1 Å². The molecule has 2 aromatic carbocycles. The summed E-state index contributed by atoms with van der Waals surface area (Å²) in [5, 5.41) is 20.5. The Labute approximate surface area is 179 Å². The van der Waals surface area contributed by atoms with E-state index in [2.05, 4.69) is 4.98 Å². The van der Waals surface area contributed by atoms with Gasteiger partial charge in [-0.1, -0.05) is 23.7 Å². The van der Waals surface area contributed by atoms with Crippen LogP contribution in [0.3, 0.4) is 0 Å². The van der Waals surface area contributed by atoms with Crippen molar-refractivity contribution in [1.82, 2.24) is 4.98 Å². The first kappa shape index (κ1) is 21.7. The van der Waals surface area contributed by atoms with Crippen LogP contribution in [0.25, 0.3) is 22.0 Å². The summed E-state index contributed by atoms with van der Waals surface area (Å²) in [6, 6.07) is 11.8. The molecule has 2 N–H and O–H groups in total. The van der Waals surface area contributed by atoms with Crippen LogP contribution in [0.4, 0.5) is 0 Å². The number of carboxylic acids is 2. The van der Waals surface area contributed by atoms with Crippen molar-refractivity contribution in [3.8, 4) is 11.1 Å². The van der Waals surface area contributed by atoms with Gasteiger partial charge in [-0.25, -0.2) is 14.6 Å². The van der Waals surface area contributed by atoms with E-state index in [4.69, 9.17) is 16.3 Å². The average Bonchev–Trinajstić information content (AvgIpc) is 2.64. The summed E-state index contributed by atoms with van der Waals surface area (Å²) in [7, 11) is 0. The van der Waals surface area contributed by atoms with Gasteiger partial charge in [0.25, 0.3) is 0 Å². The molecule has 0 aliphatic heterocycles. The van der Waals surface area contributed by atoms with E-state index in [-0.39, 0.29) is 5.69 Å². The molecule has 0 saturated carbocycles. The van der Waals surface area contributed by atoms with Crippen molar-refractivity contribution in [1.29, 1.82) is 0 Å². The lowest BCUT2D eigenvalue weighted by Gasteiger charge is -2.28. The molecule has 1 atom stereocenters. The molecule has 3 aromatic rings. The van der Waals surface area contributed by atoms with E-state index in [0.29, 0.717) is 32.6 Å². The number of fused-ring (bicyclic) bond motifs is 1. The van der Waals surface area contributed by atoms with Gasteiger partial charge in [0, 0.05) is 16.0 Å². The zero-order valence-electron chi connectivity index (χ0n) is 17.1. The van der Waals surface area contributed by atoms with Crippen molar-refractivity contribution in [2.75, 3.05) is 0 Å². The summed E-state index contributed by atoms with van der Waals surface area (Å²) in [5.74, 6) is -2.25. The SMILES string of the molecule is Cc1cc2nc(C(=O)O)ccc2c(-c2ccc(Cl)cc2)c1C(OC(C)(C)C)C(=O)O. The zero-order valence-corrected chi connectivity index (χ0v) is 17.8. The van der Waals surface area contributed by atoms with Crippen molar-refractivity contribution in [3.05, 3.63) is 64.3 Å². The lowest BCUT2D eigenvalue weighted by atomic mass is 9.88. The normalized spacial score (nSPS) is 12.7. The molecule has 7 heteroatoms. The van der Waals surface area contributed by atoms with Gasteiger partial charge in [0.1, 0.15) is 5.69 Å². The number of aliphatic carboxylic acids is 1. The van der Waals surface area contributed by atoms with E-state index in [1.165, 1.54) is 6.07 Å². The maximum Gasteiger partial charge on any atom is 0.354 e. The summed E-state index contributed by atoms with van der Waals surface area (Å²) in [4.78, 5) is 27.8. The second-order valence-corrected chi connectivity index (χ2v) is 8.44. The lowest BCUT2D eigenvalue weighted by Crippen LogP contribution is -2.28. The lowest BCUT2D eigenvalue weighted by molar-refractivity contribution is -0.160. The van der Waals surface area contributed by atoms with Gasteiger partial charge >= 0.3 is 11.9 Å². The standard InChI is InChI=1S/C23H22ClNO5/c1-12-11-17-15(9-10-16(25-17)21(26)27)19(13-5-7-14(24)8-6-13)18(12)20(22(28)29)30-23(2,3)4/h5-11,20H,1-4H3,(H,26,27)(H,28,29). The Balaban J connectivity index is 2.40. The van der Waals surface area contributed by atoms with Crippen molar-refractivity contribution >= 4 is 34.4 Å². The molecule has 0 aliphatic carbocycles. The van der Waals surface area contributed by atoms with Crippen LogP contribution in [0.5, 0.6) is 0 Å². The van der Waals surface area contributed by atoms with Gasteiger partial charge in [0.15, 0.2) is 6.10 Å². The van der Waals surface area contributed by atoms with E-state index < -0.39 is 23.6 Å². The smallest absolute Gasteiger partial charge is 0.354 e. The van der Waals surface area contributed by atoms with Crippen LogP contribution in [-0.2, 0) is 9.53 Å². The Morgan fingerprint density at radius 2 is 1.70 bits per heavy atom. The topological polar surface area (TPSA) is 96.7 Å². The summed E-state index contributed by atoms with van der Waals surface area (Å²) < 4.78 is 5.92. The second-order valence-electron chi connectivity index (χ2n) is 8.01. The van der Waals surface area contributed by atoms with Gasteiger partial charge in [-0.15, -0.1) is 0 Å². The minimum atomic E-state index is -1.22. The van der Waals surface area contributed by atoms with Gasteiger partial charge in [-0.3, -0.25) is 0 Å². The molecule has 0 bridgehead atoms. The summed E-state index contributed by atoms with van der Waals surface area (Å²) in [6.45, 7) is 7.15. The van der Waals surface area contributed by atoms with E-state index in [9.17, 15) is 19.8 Å². The average molecular weight is 428 g/mol. The van der Waals surface area contributed by atoms with Crippen molar-refractivity contribution in [3.63, 3.8) is 0 Å². The number of hydrogen-bond donors (Lipinski definition) is 2. The van der Waals surface area contributed by atoms with Crippen molar-refractivity contribution in [2.45, 2.75) is 39.4 Å². The number of carbonyl (C=O) groups is 2. The Kier molecular flexibility index (Phi) is 5.83. The highest BCUT2D eigenvalue weighted by molar-refractivity contribution is 6.30. The number of halogens is 1. The third-order valence-electron chi connectivity index (χ3n) is 4.55. The predicted octanol–water partition coefficient (Wildman–Crippen LogP) is 5.50. The Morgan fingerprint density at radius 3 is 2.23 bits per heavy atom. The minimum absolute atomic E-state index is 0.0857. The molecule has 1 aromatic heterocycles. The molecular weight excluding hydrogens is 406 g/mol. The van der Waals surface area contributed by atoms with Crippen LogP contribution in [0.15, 0.2) is 42.5 Å². The van der Waals surface area contributed by atoms with E-state index in [0.717, 1.165) is 5.56 Å². The maximum atomic E-state index is 12.2. The molecule has 0 saturated heterocycles.